The fraction of sp³-hybridized carbons (Fsp3) is 0.273. The number of carbonyl (C=O) groups excluding carboxylic acids is 1. The summed E-state index contributed by atoms with van der Waals surface area (Å²) in [6.45, 7) is 1.43. The van der Waals surface area contributed by atoms with Crippen LogP contribution < -0.4 is 5.32 Å². The van der Waals surface area contributed by atoms with Gasteiger partial charge in [-0.3, -0.25) is 4.79 Å². The molecule has 1 aromatic carbocycles. The molecule has 0 saturated heterocycles. The van der Waals surface area contributed by atoms with E-state index in [2.05, 4.69) is 9.97 Å². The fourth-order valence-corrected chi connectivity index (χ4v) is 1.52. The molecule has 0 spiro atoms. The van der Waals surface area contributed by atoms with E-state index in [0.717, 1.165) is 0 Å². The summed E-state index contributed by atoms with van der Waals surface area (Å²) in [5.41, 5.74) is 1.35. The van der Waals surface area contributed by atoms with Gasteiger partial charge in [0, 0.05) is 0 Å². The third-order valence-corrected chi connectivity index (χ3v) is 2.42. The minimum atomic E-state index is -4.89. The summed E-state index contributed by atoms with van der Waals surface area (Å²) in [5, 5.41) is 1.84. The molecule has 0 aliphatic heterocycles. The molecule has 0 aliphatic rings. The largest absolute Gasteiger partial charge is 0.471 e. The molecule has 1 aromatic heterocycles. The highest BCUT2D eigenvalue weighted by Crippen LogP contribution is 2.19. The fourth-order valence-electron chi connectivity index (χ4n) is 1.52. The molecule has 2 aromatic rings. The second kappa shape index (κ2) is 4.32. The molecule has 0 aliphatic carbocycles. The number of H-pyrrole nitrogens is 1. The molecule has 0 saturated carbocycles. The van der Waals surface area contributed by atoms with Gasteiger partial charge in [0.25, 0.3) is 0 Å². The number of rotatable bonds is 2. The summed E-state index contributed by atoms with van der Waals surface area (Å²) in [6, 6.07) is 6.19. The average Bonchev–Trinajstić information content (AvgIpc) is 2.71. The monoisotopic (exact) mass is 257 g/mol. The zero-order chi connectivity index (χ0) is 13.3. The zero-order valence-electron chi connectivity index (χ0n) is 9.38. The highest BCUT2D eigenvalue weighted by atomic mass is 19.4. The molecule has 1 atom stereocenters. The van der Waals surface area contributed by atoms with Crippen LogP contribution in [0.25, 0.3) is 11.0 Å². The molecule has 0 bridgehead atoms. The number of aromatic amines is 1. The molecular formula is C11H10F3N3O. The standard InChI is InChI=1S/C11H10F3N3O/c1-6(15-10(18)11(12,13)14)9-16-7-4-2-3-5-8(7)17-9/h2-6H,1H3,(H,15,18)(H,16,17). The number of nitrogens with zero attached hydrogens (tertiary/aromatic N) is 1. The van der Waals surface area contributed by atoms with E-state index in [1.165, 1.54) is 6.92 Å². The van der Waals surface area contributed by atoms with Gasteiger partial charge in [-0.25, -0.2) is 4.98 Å². The van der Waals surface area contributed by atoms with Gasteiger partial charge in [0.1, 0.15) is 5.82 Å². The number of alkyl halides is 3. The first-order valence-corrected chi connectivity index (χ1v) is 5.20. The Morgan fingerprint density at radius 1 is 1.39 bits per heavy atom. The lowest BCUT2D eigenvalue weighted by atomic mass is 10.3. The van der Waals surface area contributed by atoms with E-state index in [0.29, 0.717) is 11.0 Å². The first-order chi connectivity index (χ1) is 8.38. The van der Waals surface area contributed by atoms with Crippen molar-refractivity contribution >= 4 is 16.9 Å². The number of hydrogen-bond donors (Lipinski definition) is 2. The van der Waals surface area contributed by atoms with Crippen LogP contribution in [0.5, 0.6) is 0 Å². The quantitative estimate of drug-likeness (QED) is 0.867. The van der Waals surface area contributed by atoms with Crippen molar-refractivity contribution in [3.05, 3.63) is 30.1 Å². The number of benzene rings is 1. The van der Waals surface area contributed by atoms with Crippen molar-refractivity contribution < 1.29 is 18.0 Å². The van der Waals surface area contributed by atoms with Crippen LogP contribution in [-0.2, 0) is 4.79 Å². The van der Waals surface area contributed by atoms with Crippen LogP contribution >= 0.6 is 0 Å². The summed E-state index contributed by atoms with van der Waals surface area (Å²) in [6.07, 6.45) is -4.89. The number of nitrogens with one attached hydrogen (secondary N) is 2. The number of imidazole rings is 1. The first kappa shape index (κ1) is 12.4. The summed E-state index contributed by atoms with van der Waals surface area (Å²) in [4.78, 5) is 17.8. The normalized spacial score (nSPS) is 13.6. The van der Waals surface area contributed by atoms with E-state index in [4.69, 9.17) is 0 Å². The van der Waals surface area contributed by atoms with E-state index in [9.17, 15) is 18.0 Å². The predicted molar refractivity (Wildman–Crippen MR) is 58.7 cm³/mol. The van der Waals surface area contributed by atoms with Gasteiger partial charge in [-0.1, -0.05) is 12.1 Å². The minimum Gasteiger partial charge on any atom is -0.340 e. The smallest absolute Gasteiger partial charge is 0.340 e. The molecule has 2 rings (SSSR count). The Labute approximate surface area is 100 Å². The van der Waals surface area contributed by atoms with Crippen molar-refractivity contribution in [1.82, 2.24) is 15.3 Å². The Morgan fingerprint density at radius 2 is 2.06 bits per heavy atom. The lowest BCUT2D eigenvalue weighted by Crippen LogP contribution is -2.38. The zero-order valence-corrected chi connectivity index (χ0v) is 9.38. The lowest BCUT2D eigenvalue weighted by molar-refractivity contribution is -0.174. The Kier molecular flexibility index (Phi) is 2.98. The van der Waals surface area contributed by atoms with Gasteiger partial charge < -0.3 is 10.3 Å². The topological polar surface area (TPSA) is 57.8 Å². The number of halogens is 3. The van der Waals surface area contributed by atoms with Crippen molar-refractivity contribution in [2.24, 2.45) is 0 Å². The number of aromatic nitrogens is 2. The second-order valence-electron chi connectivity index (χ2n) is 3.83. The van der Waals surface area contributed by atoms with E-state index in [1.807, 2.05) is 5.32 Å². The highest BCUT2D eigenvalue weighted by Gasteiger charge is 2.39. The van der Waals surface area contributed by atoms with Crippen molar-refractivity contribution in [3.8, 4) is 0 Å². The van der Waals surface area contributed by atoms with Gasteiger partial charge in [0.05, 0.1) is 17.1 Å². The molecule has 4 nitrogen and oxygen atoms in total. The molecule has 1 unspecified atom stereocenters. The van der Waals surface area contributed by atoms with Gasteiger partial charge in [-0.15, -0.1) is 0 Å². The van der Waals surface area contributed by atoms with Crippen molar-refractivity contribution in [3.63, 3.8) is 0 Å². The summed E-state index contributed by atoms with van der Waals surface area (Å²) >= 11 is 0. The van der Waals surface area contributed by atoms with Gasteiger partial charge in [-0.2, -0.15) is 13.2 Å². The maximum Gasteiger partial charge on any atom is 0.471 e. The van der Waals surface area contributed by atoms with Gasteiger partial charge in [0.15, 0.2) is 0 Å². The van der Waals surface area contributed by atoms with Crippen molar-refractivity contribution in [1.29, 1.82) is 0 Å². The second-order valence-corrected chi connectivity index (χ2v) is 3.83. The SMILES string of the molecule is CC(NC(=O)C(F)(F)F)c1nc2ccccc2[nH]1. The Morgan fingerprint density at radius 3 is 2.67 bits per heavy atom. The third-order valence-electron chi connectivity index (χ3n) is 2.42. The summed E-state index contributed by atoms with van der Waals surface area (Å²) in [5.74, 6) is -1.69. The summed E-state index contributed by atoms with van der Waals surface area (Å²) < 4.78 is 36.3. The molecular weight excluding hydrogens is 247 g/mol. The Bertz CT molecular complexity index is 543. The van der Waals surface area contributed by atoms with Gasteiger partial charge >= 0.3 is 12.1 Å². The molecule has 18 heavy (non-hydrogen) atoms. The van der Waals surface area contributed by atoms with Crippen LogP contribution in [0.1, 0.15) is 18.8 Å². The number of hydrogen-bond acceptors (Lipinski definition) is 2. The molecule has 1 amide bonds. The minimum absolute atomic E-state index is 0.286. The van der Waals surface area contributed by atoms with Crippen LogP contribution in [0.15, 0.2) is 24.3 Å². The van der Waals surface area contributed by atoms with Gasteiger partial charge in [-0.05, 0) is 19.1 Å². The molecule has 2 N–H and O–H groups in total. The van der Waals surface area contributed by atoms with E-state index in [-0.39, 0.29) is 5.82 Å². The van der Waals surface area contributed by atoms with Crippen LogP contribution in [-0.4, -0.2) is 22.1 Å². The Hall–Kier alpha value is -2.05. The molecule has 96 valence electrons. The van der Waals surface area contributed by atoms with Gasteiger partial charge in [0.2, 0.25) is 0 Å². The summed E-state index contributed by atoms with van der Waals surface area (Å²) in [7, 11) is 0. The van der Waals surface area contributed by atoms with E-state index < -0.39 is 18.1 Å². The molecule has 0 radical (unpaired) electrons. The first-order valence-electron chi connectivity index (χ1n) is 5.20. The van der Waals surface area contributed by atoms with E-state index >= 15 is 0 Å². The predicted octanol–water partition coefficient (Wildman–Crippen LogP) is 2.30. The molecule has 7 heteroatoms. The average molecular weight is 257 g/mol. The maximum absolute atomic E-state index is 12.1. The number of fused-ring (bicyclic) bond motifs is 1. The number of carbonyl (C=O) groups is 1. The third kappa shape index (κ3) is 2.44. The van der Waals surface area contributed by atoms with Crippen LogP contribution in [0.4, 0.5) is 13.2 Å². The highest BCUT2D eigenvalue weighted by molar-refractivity contribution is 5.82. The number of para-hydroxylation sites is 2. The van der Waals surface area contributed by atoms with Crippen LogP contribution in [0.2, 0.25) is 0 Å². The van der Waals surface area contributed by atoms with Crippen molar-refractivity contribution in [2.75, 3.05) is 0 Å². The maximum atomic E-state index is 12.1. The molecule has 0 fully saturated rings. The van der Waals surface area contributed by atoms with Crippen LogP contribution in [0, 0.1) is 0 Å². The van der Waals surface area contributed by atoms with E-state index in [1.54, 1.807) is 24.3 Å². The van der Waals surface area contributed by atoms with Crippen LogP contribution in [0.3, 0.4) is 0 Å². The number of amides is 1. The lowest BCUT2D eigenvalue weighted by Gasteiger charge is -2.12. The Balaban J connectivity index is 2.18. The van der Waals surface area contributed by atoms with Crippen molar-refractivity contribution in [2.45, 2.75) is 19.1 Å². The molecule has 1 heterocycles.